The summed E-state index contributed by atoms with van der Waals surface area (Å²) in [6.07, 6.45) is 0. The Bertz CT molecular complexity index is 500. The molecule has 0 unspecified atom stereocenters. The number of amidine groups is 1. The Hall–Kier alpha value is -2.31. The molecule has 0 aliphatic rings. The molecule has 0 fully saturated rings. The standard InChI is InChI=1S/C12H18N4O3/c1-4-15(8(2)3)10-6-5-9(12(13)14-17)7-11(10)16(18)19/h5-8,17H,4H2,1-3H3,(H2,13,14). The Labute approximate surface area is 111 Å². The Morgan fingerprint density at radius 1 is 1.58 bits per heavy atom. The summed E-state index contributed by atoms with van der Waals surface area (Å²) in [5.41, 5.74) is 6.23. The lowest BCUT2D eigenvalue weighted by atomic mass is 10.1. The van der Waals surface area contributed by atoms with E-state index in [0.717, 1.165) is 0 Å². The van der Waals surface area contributed by atoms with Crippen molar-refractivity contribution in [2.75, 3.05) is 11.4 Å². The molecule has 0 aromatic heterocycles. The quantitative estimate of drug-likeness (QED) is 0.278. The van der Waals surface area contributed by atoms with Crippen LogP contribution in [0.25, 0.3) is 0 Å². The molecule has 1 aromatic rings. The Morgan fingerprint density at radius 2 is 2.21 bits per heavy atom. The fourth-order valence-corrected chi connectivity index (χ4v) is 1.94. The fourth-order valence-electron chi connectivity index (χ4n) is 1.94. The first-order chi connectivity index (χ1) is 8.92. The first kappa shape index (κ1) is 14.7. The summed E-state index contributed by atoms with van der Waals surface area (Å²) < 4.78 is 0. The Balaban J connectivity index is 3.37. The third kappa shape index (κ3) is 3.12. The average molecular weight is 266 g/mol. The van der Waals surface area contributed by atoms with Gasteiger partial charge in [-0.1, -0.05) is 5.16 Å². The molecule has 0 aliphatic carbocycles. The SMILES string of the molecule is CCN(c1ccc(C(N)=NO)cc1[N+](=O)[O-])C(C)C. The van der Waals surface area contributed by atoms with Crippen molar-refractivity contribution in [1.82, 2.24) is 0 Å². The number of nitro groups is 1. The van der Waals surface area contributed by atoms with Gasteiger partial charge in [-0.15, -0.1) is 0 Å². The van der Waals surface area contributed by atoms with E-state index in [2.05, 4.69) is 5.16 Å². The normalized spacial score (nSPS) is 11.7. The van der Waals surface area contributed by atoms with Gasteiger partial charge >= 0.3 is 0 Å². The summed E-state index contributed by atoms with van der Waals surface area (Å²) in [6, 6.07) is 4.67. The van der Waals surface area contributed by atoms with Gasteiger partial charge in [0.2, 0.25) is 0 Å². The van der Waals surface area contributed by atoms with Crippen molar-refractivity contribution in [3.8, 4) is 0 Å². The molecule has 7 heteroatoms. The van der Waals surface area contributed by atoms with Crippen molar-refractivity contribution < 1.29 is 10.1 Å². The van der Waals surface area contributed by atoms with Crippen LogP contribution in [0.4, 0.5) is 11.4 Å². The van der Waals surface area contributed by atoms with Crippen LogP contribution in [0.5, 0.6) is 0 Å². The van der Waals surface area contributed by atoms with Crippen molar-refractivity contribution in [2.24, 2.45) is 10.9 Å². The van der Waals surface area contributed by atoms with Gasteiger partial charge in [-0.05, 0) is 32.9 Å². The van der Waals surface area contributed by atoms with E-state index < -0.39 is 4.92 Å². The maximum atomic E-state index is 11.2. The van der Waals surface area contributed by atoms with Gasteiger partial charge < -0.3 is 15.8 Å². The molecule has 0 radical (unpaired) electrons. The highest BCUT2D eigenvalue weighted by Gasteiger charge is 2.21. The lowest BCUT2D eigenvalue weighted by molar-refractivity contribution is -0.384. The first-order valence-corrected chi connectivity index (χ1v) is 5.95. The summed E-state index contributed by atoms with van der Waals surface area (Å²) in [7, 11) is 0. The van der Waals surface area contributed by atoms with Gasteiger partial charge in [0.05, 0.1) is 4.92 Å². The molecule has 0 atom stereocenters. The molecule has 0 bridgehead atoms. The number of oxime groups is 1. The van der Waals surface area contributed by atoms with Crippen LogP contribution in [0, 0.1) is 10.1 Å². The van der Waals surface area contributed by atoms with E-state index in [1.165, 1.54) is 6.07 Å². The minimum absolute atomic E-state index is 0.0559. The number of hydrogen-bond acceptors (Lipinski definition) is 5. The summed E-state index contributed by atoms with van der Waals surface area (Å²) in [5.74, 6) is -0.151. The van der Waals surface area contributed by atoms with Crippen LogP contribution in [-0.4, -0.2) is 28.6 Å². The van der Waals surface area contributed by atoms with Gasteiger partial charge in [0, 0.05) is 24.2 Å². The second-order valence-electron chi connectivity index (χ2n) is 4.33. The van der Waals surface area contributed by atoms with E-state index in [-0.39, 0.29) is 17.6 Å². The van der Waals surface area contributed by atoms with Crippen LogP contribution in [0.15, 0.2) is 23.4 Å². The van der Waals surface area contributed by atoms with Gasteiger partial charge in [-0.25, -0.2) is 0 Å². The van der Waals surface area contributed by atoms with Gasteiger partial charge in [0.1, 0.15) is 5.69 Å². The fraction of sp³-hybridized carbons (Fsp3) is 0.417. The van der Waals surface area contributed by atoms with Crippen LogP contribution in [-0.2, 0) is 0 Å². The number of nitro benzene ring substituents is 1. The van der Waals surface area contributed by atoms with Gasteiger partial charge in [-0.2, -0.15) is 0 Å². The van der Waals surface area contributed by atoms with Crippen LogP contribution < -0.4 is 10.6 Å². The van der Waals surface area contributed by atoms with Crippen molar-refractivity contribution in [3.63, 3.8) is 0 Å². The van der Waals surface area contributed by atoms with Crippen LogP contribution in [0.2, 0.25) is 0 Å². The summed E-state index contributed by atoms with van der Waals surface area (Å²) in [5, 5.41) is 22.6. The average Bonchev–Trinajstić information content (AvgIpc) is 2.38. The number of hydrogen-bond donors (Lipinski definition) is 2. The highest BCUT2D eigenvalue weighted by atomic mass is 16.6. The topological polar surface area (TPSA) is 105 Å². The summed E-state index contributed by atoms with van der Waals surface area (Å²) >= 11 is 0. The third-order valence-electron chi connectivity index (χ3n) is 2.85. The smallest absolute Gasteiger partial charge is 0.293 e. The second kappa shape index (κ2) is 6.03. The molecule has 0 heterocycles. The van der Waals surface area contributed by atoms with Crippen molar-refractivity contribution in [1.29, 1.82) is 0 Å². The van der Waals surface area contributed by atoms with Gasteiger partial charge in [0.15, 0.2) is 5.84 Å². The van der Waals surface area contributed by atoms with Crippen molar-refractivity contribution in [3.05, 3.63) is 33.9 Å². The van der Waals surface area contributed by atoms with E-state index in [1.807, 2.05) is 25.7 Å². The number of rotatable bonds is 5. The predicted octanol–water partition coefficient (Wildman–Crippen LogP) is 1.92. The van der Waals surface area contributed by atoms with Crippen LogP contribution >= 0.6 is 0 Å². The van der Waals surface area contributed by atoms with Crippen molar-refractivity contribution in [2.45, 2.75) is 26.8 Å². The van der Waals surface area contributed by atoms with Gasteiger partial charge in [-0.3, -0.25) is 10.1 Å². The zero-order chi connectivity index (χ0) is 14.6. The number of nitrogens with two attached hydrogens (primary N) is 1. The molecule has 19 heavy (non-hydrogen) atoms. The second-order valence-corrected chi connectivity index (χ2v) is 4.33. The molecule has 104 valence electrons. The zero-order valence-electron chi connectivity index (χ0n) is 11.2. The Kier molecular flexibility index (Phi) is 4.68. The van der Waals surface area contributed by atoms with E-state index in [4.69, 9.17) is 10.9 Å². The van der Waals surface area contributed by atoms with Crippen LogP contribution in [0.1, 0.15) is 26.3 Å². The number of nitrogens with zero attached hydrogens (tertiary/aromatic N) is 3. The van der Waals surface area contributed by atoms with E-state index in [9.17, 15) is 10.1 Å². The van der Waals surface area contributed by atoms with Crippen molar-refractivity contribution >= 4 is 17.2 Å². The molecule has 0 saturated heterocycles. The minimum atomic E-state index is -0.464. The van der Waals surface area contributed by atoms with E-state index >= 15 is 0 Å². The molecule has 0 spiro atoms. The first-order valence-electron chi connectivity index (χ1n) is 5.95. The molecule has 1 aromatic carbocycles. The minimum Gasteiger partial charge on any atom is -0.409 e. The third-order valence-corrected chi connectivity index (χ3v) is 2.85. The van der Waals surface area contributed by atoms with E-state index in [0.29, 0.717) is 17.8 Å². The highest BCUT2D eigenvalue weighted by Crippen LogP contribution is 2.30. The largest absolute Gasteiger partial charge is 0.409 e. The molecule has 0 aliphatic heterocycles. The van der Waals surface area contributed by atoms with E-state index in [1.54, 1.807) is 12.1 Å². The predicted molar refractivity (Wildman–Crippen MR) is 73.8 cm³/mol. The molecule has 7 nitrogen and oxygen atoms in total. The molecule has 3 N–H and O–H groups in total. The maximum Gasteiger partial charge on any atom is 0.293 e. The monoisotopic (exact) mass is 266 g/mol. The van der Waals surface area contributed by atoms with Crippen LogP contribution in [0.3, 0.4) is 0 Å². The lowest BCUT2D eigenvalue weighted by Crippen LogP contribution is -2.31. The molecular formula is C12H18N4O3. The number of benzene rings is 1. The molecule has 0 saturated carbocycles. The van der Waals surface area contributed by atoms with Gasteiger partial charge in [0.25, 0.3) is 5.69 Å². The zero-order valence-corrected chi connectivity index (χ0v) is 11.2. The Morgan fingerprint density at radius 3 is 2.63 bits per heavy atom. The highest BCUT2D eigenvalue weighted by molar-refractivity contribution is 5.98. The summed E-state index contributed by atoms with van der Waals surface area (Å²) in [4.78, 5) is 12.6. The molecular weight excluding hydrogens is 248 g/mol. The lowest BCUT2D eigenvalue weighted by Gasteiger charge is -2.27. The number of anilines is 1. The molecule has 1 rings (SSSR count). The molecule has 0 amide bonds. The maximum absolute atomic E-state index is 11.2. The summed E-state index contributed by atoms with van der Waals surface area (Å²) in [6.45, 7) is 6.51.